The highest BCUT2D eigenvalue weighted by atomic mass is 16.5. The molecule has 0 aliphatic heterocycles. The van der Waals surface area contributed by atoms with Gasteiger partial charge >= 0.3 is 5.97 Å². The normalized spacial score (nSPS) is 9.60. The van der Waals surface area contributed by atoms with Crippen LogP contribution in [0.5, 0.6) is 0 Å². The van der Waals surface area contributed by atoms with Crippen LogP contribution in [0, 0.1) is 0 Å². The zero-order valence-corrected chi connectivity index (χ0v) is 11.0. The van der Waals surface area contributed by atoms with Gasteiger partial charge in [0.1, 0.15) is 0 Å². The fourth-order valence-corrected chi connectivity index (χ4v) is 1.38. The first-order valence-electron chi connectivity index (χ1n) is 5.83. The highest BCUT2D eigenvalue weighted by molar-refractivity contribution is 5.93. The van der Waals surface area contributed by atoms with E-state index in [1.54, 1.807) is 12.2 Å². The molecule has 7 nitrogen and oxygen atoms in total. The second-order valence-electron chi connectivity index (χ2n) is 3.74. The molecule has 1 aromatic heterocycles. The summed E-state index contributed by atoms with van der Waals surface area (Å²) in [5, 5.41) is 0. The van der Waals surface area contributed by atoms with Crippen molar-refractivity contribution >= 4 is 17.7 Å². The highest BCUT2D eigenvalue weighted by Crippen LogP contribution is 2.05. The third-order valence-corrected chi connectivity index (χ3v) is 2.30. The molecule has 1 heterocycles. The van der Waals surface area contributed by atoms with Crippen molar-refractivity contribution in [1.29, 1.82) is 0 Å². The Balaban J connectivity index is 2.59. The van der Waals surface area contributed by atoms with Gasteiger partial charge in [-0.2, -0.15) is 0 Å². The standard InChI is InChI=1S/C13H16N4O3/c1-3-7-17(8-4-2)10(18)9-20-13(19)11-12(14)16-6-5-15-11/h3-6H,1-2,7-9H2,(H2,14,16). The maximum atomic E-state index is 11.8. The molecule has 20 heavy (non-hydrogen) atoms. The van der Waals surface area contributed by atoms with Crippen LogP contribution < -0.4 is 5.73 Å². The van der Waals surface area contributed by atoms with Crippen LogP contribution in [-0.4, -0.2) is 46.4 Å². The molecule has 0 aromatic carbocycles. The Morgan fingerprint density at radius 1 is 1.25 bits per heavy atom. The van der Waals surface area contributed by atoms with Crippen LogP contribution in [0.1, 0.15) is 10.5 Å². The molecule has 0 saturated carbocycles. The maximum Gasteiger partial charge on any atom is 0.361 e. The minimum atomic E-state index is -0.791. The number of nitrogens with two attached hydrogens (primary N) is 1. The number of ether oxygens (including phenoxy) is 1. The molecule has 0 saturated heterocycles. The average molecular weight is 276 g/mol. The van der Waals surface area contributed by atoms with Crippen LogP contribution in [0.3, 0.4) is 0 Å². The van der Waals surface area contributed by atoms with E-state index in [9.17, 15) is 9.59 Å². The zero-order valence-electron chi connectivity index (χ0n) is 11.0. The van der Waals surface area contributed by atoms with E-state index in [1.165, 1.54) is 17.3 Å². The molecule has 0 aliphatic carbocycles. The first-order chi connectivity index (χ1) is 9.60. The Morgan fingerprint density at radius 2 is 1.85 bits per heavy atom. The molecule has 0 bridgehead atoms. The summed E-state index contributed by atoms with van der Waals surface area (Å²) in [7, 11) is 0. The first-order valence-corrected chi connectivity index (χ1v) is 5.83. The lowest BCUT2D eigenvalue weighted by molar-refractivity contribution is -0.133. The number of esters is 1. The number of nitrogen functional groups attached to an aromatic ring is 1. The van der Waals surface area contributed by atoms with Crippen molar-refractivity contribution in [3.63, 3.8) is 0 Å². The van der Waals surface area contributed by atoms with Crippen molar-refractivity contribution in [3.8, 4) is 0 Å². The topological polar surface area (TPSA) is 98.4 Å². The lowest BCUT2D eigenvalue weighted by atomic mass is 10.4. The van der Waals surface area contributed by atoms with Gasteiger partial charge in [-0.1, -0.05) is 12.2 Å². The summed E-state index contributed by atoms with van der Waals surface area (Å²) in [6.45, 7) is 7.38. The molecule has 0 fully saturated rings. The van der Waals surface area contributed by atoms with Crippen molar-refractivity contribution in [2.75, 3.05) is 25.4 Å². The Bertz CT molecular complexity index is 506. The van der Waals surface area contributed by atoms with Crippen molar-refractivity contribution in [1.82, 2.24) is 14.9 Å². The minimum Gasteiger partial charge on any atom is -0.451 e. The third-order valence-electron chi connectivity index (χ3n) is 2.30. The summed E-state index contributed by atoms with van der Waals surface area (Å²) in [4.78, 5) is 32.4. The Hall–Kier alpha value is -2.70. The molecule has 0 radical (unpaired) electrons. The average Bonchev–Trinajstić information content (AvgIpc) is 2.44. The summed E-state index contributed by atoms with van der Waals surface area (Å²) in [6, 6.07) is 0. The van der Waals surface area contributed by atoms with Crippen molar-refractivity contribution in [3.05, 3.63) is 43.4 Å². The molecule has 0 aliphatic rings. The van der Waals surface area contributed by atoms with Gasteiger partial charge in [-0.3, -0.25) is 4.79 Å². The van der Waals surface area contributed by atoms with E-state index in [1.807, 2.05) is 0 Å². The third kappa shape index (κ3) is 4.20. The molecule has 0 unspecified atom stereocenters. The van der Waals surface area contributed by atoms with E-state index in [0.29, 0.717) is 13.1 Å². The summed E-state index contributed by atoms with van der Waals surface area (Å²) < 4.78 is 4.86. The van der Waals surface area contributed by atoms with Gasteiger partial charge in [0.2, 0.25) is 0 Å². The van der Waals surface area contributed by atoms with E-state index in [4.69, 9.17) is 10.5 Å². The Labute approximate surface area is 116 Å². The maximum absolute atomic E-state index is 11.8. The zero-order chi connectivity index (χ0) is 15.0. The lowest BCUT2D eigenvalue weighted by Gasteiger charge is -2.18. The van der Waals surface area contributed by atoms with E-state index in [-0.39, 0.29) is 17.4 Å². The molecule has 0 atom stereocenters. The molecular weight excluding hydrogens is 260 g/mol. The van der Waals surface area contributed by atoms with Gasteiger partial charge in [-0.25, -0.2) is 14.8 Å². The van der Waals surface area contributed by atoms with Crippen LogP contribution >= 0.6 is 0 Å². The molecule has 1 amide bonds. The molecule has 7 heteroatoms. The predicted octanol–water partition coefficient (Wildman–Crippen LogP) is 0.416. The number of aromatic nitrogens is 2. The number of hydrogen-bond acceptors (Lipinski definition) is 6. The number of carbonyl (C=O) groups excluding carboxylic acids is 2. The number of nitrogens with zero attached hydrogens (tertiary/aromatic N) is 3. The van der Waals surface area contributed by atoms with E-state index in [0.717, 1.165) is 0 Å². The first kappa shape index (κ1) is 15.4. The van der Waals surface area contributed by atoms with E-state index in [2.05, 4.69) is 23.1 Å². The fraction of sp³-hybridized carbons (Fsp3) is 0.231. The Kier molecular flexibility index (Phi) is 5.89. The van der Waals surface area contributed by atoms with Crippen LogP contribution in [-0.2, 0) is 9.53 Å². The second kappa shape index (κ2) is 7.67. The van der Waals surface area contributed by atoms with Gasteiger partial charge < -0.3 is 15.4 Å². The number of anilines is 1. The smallest absolute Gasteiger partial charge is 0.361 e. The molecule has 106 valence electrons. The van der Waals surface area contributed by atoms with Gasteiger partial charge in [0.15, 0.2) is 18.1 Å². The van der Waals surface area contributed by atoms with Gasteiger partial charge in [-0.15, -0.1) is 13.2 Å². The highest BCUT2D eigenvalue weighted by Gasteiger charge is 2.17. The SMILES string of the molecule is C=CCN(CC=C)C(=O)COC(=O)c1nccnc1N. The number of carbonyl (C=O) groups is 2. The fourth-order valence-electron chi connectivity index (χ4n) is 1.38. The van der Waals surface area contributed by atoms with Crippen LogP contribution in [0.2, 0.25) is 0 Å². The quantitative estimate of drug-likeness (QED) is 0.572. The monoisotopic (exact) mass is 276 g/mol. The predicted molar refractivity (Wildman–Crippen MR) is 73.7 cm³/mol. The second-order valence-corrected chi connectivity index (χ2v) is 3.74. The molecule has 0 spiro atoms. The minimum absolute atomic E-state index is 0.0426. The number of amides is 1. The van der Waals surface area contributed by atoms with Crippen molar-refractivity contribution in [2.24, 2.45) is 0 Å². The number of hydrogen-bond donors (Lipinski definition) is 1. The van der Waals surface area contributed by atoms with Gasteiger partial charge in [0, 0.05) is 25.5 Å². The molecule has 2 N–H and O–H groups in total. The largest absolute Gasteiger partial charge is 0.451 e. The molecular formula is C13H16N4O3. The van der Waals surface area contributed by atoms with Gasteiger partial charge in [0.25, 0.3) is 5.91 Å². The summed E-state index contributed by atoms with van der Waals surface area (Å²) >= 11 is 0. The Morgan fingerprint density at radius 3 is 2.40 bits per heavy atom. The van der Waals surface area contributed by atoms with Crippen LogP contribution in [0.15, 0.2) is 37.7 Å². The summed E-state index contributed by atoms with van der Waals surface area (Å²) in [6.07, 6.45) is 5.82. The van der Waals surface area contributed by atoms with E-state index >= 15 is 0 Å². The van der Waals surface area contributed by atoms with Crippen molar-refractivity contribution < 1.29 is 14.3 Å². The molecule has 1 rings (SSSR count). The number of rotatable bonds is 7. The van der Waals surface area contributed by atoms with E-state index < -0.39 is 12.6 Å². The summed E-state index contributed by atoms with van der Waals surface area (Å²) in [5.74, 6) is -1.19. The van der Waals surface area contributed by atoms with Crippen LogP contribution in [0.25, 0.3) is 0 Å². The van der Waals surface area contributed by atoms with Crippen LogP contribution in [0.4, 0.5) is 5.82 Å². The summed E-state index contributed by atoms with van der Waals surface area (Å²) in [5.41, 5.74) is 5.37. The lowest BCUT2D eigenvalue weighted by Crippen LogP contribution is -2.35. The van der Waals surface area contributed by atoms with Gasteiger partial charge in [0.05, 0.1) is 0 Å². The molecule has 1 aromatic rings. The van der Waals surface area contributed by atoms with Crippen molar-refractivity contribution in [2.45, 2.75) is 0 Å². The van der Waals surface area contributed by atoms with Gasteiger partial charge in [-0.05, 0) is 0 Å².